The topological polar surface area (TPSA) is 60.7 Å². The molecule has 10 atom stereocenters. The SMILES string of the molecule is CC(C)=CCCC(C)(O)C1CC[C@]2(C)C1C(O)CC1C3(C)CCC(O)C(C)(C)C3CCC12C. The fraction of sp³-hybridized carbons (Fsp3) is 0.933. The summed E-state index contributed by atoms with van der Waals surface area (Å²) < 4.78 is 0. The van der Waals surface area contributed by atoms with Gasteiger partial charge in [0.2, 0.25) is 0 Å². The van der Waals surface area contributed by atoms with Crippen molar-refractivity contribution >= 4 is 0 Å². The van der Waals surface area contributed by atoms with Crippen LogP contribution in [0.1, 0.15) is 113 Å². The van der Waals surface area contributed by atoms with Crippen LogP contribution in [0.3, 0.4) is 0 Å². The lowest BCUT2D eigenvalue weighted by molar-refractivity contribution is -0.246. The van der Waals surface area contributed by atoms with Gasteiger partial charge >= 0.3 is 0 Å². The van der Waals surface area contributed by atoms with Gasteiger partial charge in [0, 0.05) is 0 Å². The quantitative estimate of drug-likeness (QED) is 0.420. The van der Waals surface area contributed by atoms with Crippen LogP contribution in [0, 0.1) is 45.3 Å². The standard InChI is InChI=1S/C30H52O3/c1-19(2)10-9-14-30(8,33)20-11-16-29(7)25(20)21(31)18-23-27(5)15-13-24(32)26(3,4)22(27)12-17-28(23,29)6/h10,20-25,31-33H,9,11-18H2,1-8H3/t20?,21?,22?,23?,24?,25?,27?,28?,29-,30?/m1/s1. The Labute approximate surface area is 203 Å². The average Bonchev–Trinajstić information content (AvgIpc) is 3.08. The van der Waals surface area contributed by atoms with E-state index in [1.165, 1.54) is 18.4 Å². The third kappa shape index (κ3) is 3.61. The van der Waals surface area contributed by atoms with Crippen LogP contribution in [0.2, 0.25) is 0 Å². The molecule has 4 saturated carbocycles. The molecule has 4 fully saturated rings. The summed E-state index contributed by atoms with van der Waals surface area (Å²) >= 11 is 0. The molecule has 3 nitrogen and oxygen atoms in total. The van der Waals surface area contributed by atoms with Crippen LogP contribution in [-0.4, -0.2) is 33.1 Å². The highest BCUT2D eigenvalue weighted by molar-refractivity contribution is 5.20. The second-order valence-corrected chi connectivity index (χ2v) is 14.5. The lowest BCUT2D eigenvalue weighted by atomic mass is 9.35. The summed E-state index contributed by atoms with van der Waals surface area (Å²) in [6.45, 7) is 18.3. The third-order valence-electron chi connectivity index (χ3n) is 12.4. The maximum Gasteiger partial charge on any atom is 0.0654 e. The van der Waals surface area contributed by atoms with Gasteiger partial charge in [-0.1, -0.05) is 46.3 Å². The van der Waals surface area contributed by atoms with Crippen molar-refractivity contribution in [2.75, 3.05) is 0 Å². The average molecular weight is 461 g/mol. The summed E-state index contributed by atoms with van der Waals surface area (Å²) in [5.41, 5.74) is 0.885. The van der Waals surface area contributed by atoms with E-state index in [0.29, 0.717) is 11.8 Å². The minimum atomic E-state index is -0.739. The molecule has 190 valence electrons. The molecule has 33 heavy (non-hydrogen) atoms. The smallest absolute Gasteiger partial charge is 0.0654 e. The summed E-state index contributed by atoms with van der Waals surface area (Å²) in [5.74, 6) is 1.31. The number of aliphatic hydroxyl groups is 3. The van der Waals surface area contributed by atoms with Crippen LogP contribution in [0.15, 0.2) is 11.6 Å². The predicted octanol–water partition coefficient (Wildman–Crippen LogP) is 6.50. The fourth-order valence-corrected chi connectivity index (χ4v) is 10.3. The van der Waals surface area contributed by atoms with Crippen LogP contribution in [0.25, 0.3) is 0 Å². The first-order valence-electron chi connectivity index (χ1n) is 13.8. The van der Waals surface area contributed by atoms with E-state index in [-0.39, 0.29) is 45.7 Å². The van der Waals surface area contributed by atoms with Crippen molar-refractivity contribution in [3.8, 4) is 0 Å². The van der Waals surface area contributed by atoms with Crippen LogP contribution >= 0.6 is 0 Å². The molecule has 4 aliphatic carbocycles. The zero-order valence-corrected chi connectivity index (χ0v) is 22.7. The van der Waals surface area contributed by atoms with E-state index in [9.17, 15) is 15.3 Å². The molecular formula is C30H52O3. The lowest BCUT2D eigenvalue weighted by Crippen LogP contribution is -2.66. The third-order valence-corrected chi connectivity index (χ3v) is 12.4. The molecule has 0 aromatic heterocycles. The molecule has 0 radical (unpaired) electrons. The molecule has 3 heteroatoms. The first kappa shape index (κ1) is 25.7. The predicted molar refractivity (Wildman–Crippen MR) is 136 cm³/mol. The minimum absolute atomic E-state index is 0.0503. The second-order valence-electron chi connectivity index (χ2n) is 14.5. The molecule has 0 aliphatic heterocycles. The Kier molecular flexibility index (Phi) is 6.28. The number of rotatable bonds is 4. The largest absolute Gasteiger partial charge is 0.393 e. The molecule has 0 spiro atoms. The number of allylic oxidation sites excluding steroid dienone is 2. The molecule has 4 rings (SSSR count). The van der Waals surface area contributed by atoms with Crippen LogP contribution < -0.4 is 0 Å². The van der Waals surface area contributed by atoms with Gasteiger partial charge in [-0.2, -0.15) is 0 Å². The van der Waals surface area contributed by atoms with Gasteiger partial charge in [0.25, 0.3) is 0 Å². The van der Waals surface area contributed by atoms with Crippen LogP contribution in [-0.2, 0) is 0 Å². The van der Waals surface area contributed by atoms with Gasteiger partial charge in [0.05, 0.1) is 17.8 Å². The van der Waals surface area contributed by atoms with Crippen molar-refractivity contribution in [3.63, 3.8) is 0 Å². The zero-order valence-electron chi connectivity index (χ0n) is 22.7. The summed E-state index contributed by atoms with van der Waals surface area (Å²) in [6.07, 6.45) is 10.6. The molecule has 0 heterocycles. The molecular weight excluding hydrogens is 408 g/mol. The monoisotopic (exact) mass is 460 g/mol. The van der Waals surface area contributed by atoms with E-state index >= 15 is 0 Å². The molecule has 0 aromatic rings. The van der Waals surface area contributed by atoms with E-state index in [1.807, 2.05) is 6.92 Å². The van der Waals surface area contributed by atoms with Crippen molar-refractivity contribution in [2.24, 2.45) is 45.3 Å². The molecule has 9 unspecified atom stereocenters. The number of hydrogen-bond donors (Lipinski definition) is 3. The van der Waals surface area contributed by atoms with Crippen LogP contribution in [0.5, 0.6) is 0 Å². The number of fused-ring (bicyclic) bond motifs is 5. The fourth-order valence-electron chi connectivity index (χ4n) is 10.3. The summed E-state index contributed by atoms with van der Waals surface area (Å²) in [6, 6.07) is 0. The molecule has 4 aliphatic rings. The van der Waals surface area contributed by atoms with Gasteiger partial charge in [0.1, 0.15) is 0 Å². The van der Waals surface area contributed by atoms with Gasteiger partial charge in [-0.3, -0.25) is 0 Å². The van der Waals surface area contributed by atoms with Crippen LogP contribution in [0.4, 0.5) is 0 Å². The minimum Gasteiger partial charge on any atom is -0.393 e. The Morgan fingerprint density at radius 3 is 2.18 bits per heavy atom. The molecule has 0 amide bonds. The van der Waals surface area contributed by atoms with E-state index in [4.69, 9.17) is 0 Å². The summed E-state index contributed by atoms with van der Waals surface area (Å²) in [4.78, 5) is 0. The van der Waals surface area contributed by atoms with Gasteiger partial charge in [-0.15, -0.1) is 0 Å². The van der Waals surface area contributed by atoms with Gasteiger partial charge in [-0.25, -0.2) is 0 Å². The van der Waals surface area contributed by atoms with Crippen molar-refractivity contribution in [1.29, 1.82) is 0 Å². The first-order valence-corrected chi connectivity index (χ1v) is 13.8. The van der Waals surface area contributed by atoms with Crippen molar-refractivity contribution in [1.82, 2.24) is 0 Å². The Balaban J connectivity index is 1.66. The number of aliphatic hydroxyl groups excluding tert-OH is 2. The highest BCUT2D eigenvalue weighted by Gasteiger charge is 2.71. The van der Waals surface area contributed by atoms with Crippen molar-refractivity contribution in [2.45, 2.75) is 131 Å². The van der Waals surface area contributed by atoms with E-state index < -0.39 is 5.60 Å². The Morgan fingerprint density at radius 2 is 1.55 bits per heavy atom. The highest BCUT2D eigenvalue weighted by Crippen LogP contribution is 2.75. The van der Waals surface area contributed by atoms with E-state index in [0.717, 1.165) is 44.9 Å². The van der Waals surface area contributed by atoms with Crippen molar-refractivity contribution < 1.29 is 15.3 Å². The molecule has 0 bridgehead atoms. The Morgan fingerprint density at radius 1 is 0.909 bits per heavy atom. The molecule has 3 N–H and O–H groups in total. The highest BCUT2D eigenvalue weighted by atomic mass is 16.3. The lowest BCUT2D eigenvalue weighted by Gasteiger charge is -2.70. The van der Waals surface area contributed by atoms with Gasteiger partial charge in [0.15, 0.2) is 0 Å². The Bertz CT molecular complexity index is 779. The summed E-state index contributed by atoms with van der Waals surface area (Å²) in [5, 5.41) is 34.3. The van der Waals surface area contributed by atoms with E-state index in [2.05, 4.69) is 54.5 Å². The van der Waals surface area contributed by atoms with Gasteiger partial charge in [-0.05, 0) is 124 Å². The number of hydrogen-bond acceptors (Lipinski definition) is 3. The zero-order chi connectivity index (χ0) is 24.6. The van der Waals surface area contributed by atoms with E-state index in [1.54, 1.807) is 0 Å². The van der Waals surface area contributed by atoms with Crippen molar-refractivity contribution in [3.05, 3.63) is 11.6 Å². The summed E-state index contributed by atoms with van der Waals surface area (Å²) in [7, 11) is 0. The normalized spacial score (nSPS) is 50.5. The molecule has 0 saturated heterocycles. The maximum atomic E-state index is 11.8. The first-order chi connectivity index (χ1) is 15.1. The molecule has 0 aromatic carbocycles. The second kappa shape index (κ2) is 8.07. The van der Waals surface area contributed by atoms with Gasteiger partial charge < -0.3 is 15.3 Å². The maximum absolute atomic E-state index is 11.8. The Hall–Kier alpha value is -0.380.